The molecule has 0 aliphatic carbocycles. The average molecular weight is 262 g/mol. The van der Waals surface area contributed by atoms with Crippen LogP contribution in [0.2, 0.25) is 0 Å². The molecule has 1 fully saturated rings. The third-order valence-electron chi connectivity index (χ3n) is 3.01. The molecule has 1 aliphatic heterocycles. The summed E-state index contributed by atoms with van der Waals surface area (Å²) >= 11 is 0. The van der Waals surface area contributed by atoms with Gasteiger partial charge in [0.1, 0.15) is 0 Å². The summed E-state index contributed by atoms with van der Waals surface area (Å²) in [6.45, 7) is 5.30. The highest BCUT2D eigenvalue weighted by Crippen LogP contribution is 2.03. The van der Waals surface area contributed by atoms with Gasteiger partial charge in [-0.1, -0.05) is 12.1 Å². The zero-order chi connectivity index (χ0) is 13.3. The van der Waals surface area contributed by atoms with Crippen LogP contribution in [-0.4, -0.2) is 50.3 Å². The van der Waals surface area contributed by atoms with Crippen LogP contribution in [0.1, 0.15) is 6.42 Å². The molecule has 1 radical (unpaired) electrons. The van der Waals surface area contributed by atoms with Gasteiger partial charge in [-0.2, -0.15) is 0 Å². The Morgan fingerprint density at radius 3 is 3.00 bits per heavy atom. The van der Waals surface area contributed by atoms with E-state index in [4.69, 9.17) is 4.74 Å². The monoisotopic (exact) mass is 262 g/mol. The van der Waals surface area contributed by atoms with E-state index < -0.39 is 0 Å². The SMILES string of the molecule is O=C(NCCCN1CCOCC1)Nc1c[c]ccc1. The van der Waals surface area contributed by atoms with E-state index in [1.54, 1.807) is 12.1 Å². The number of nitrogens with zero attached hydrogens (tertiary/aromatic N) is 1. The maximum absolute atomic E-state index is 11.6. The molecule has 5 nitrogen and oxygen atoms in total. The molecule has 0 bridgehead atoms. The molecule has 0 aromatic heterocycles. The Kier molecular flexibility index (Phi) is 5.65. The van der Waals surface area contributed by atoms with Gasteiger partial charge in [0.25, 0.3) is 0 Å². The molecule has 1 saturated heterocycles. The van der Waals surface area contributed by atoms with Gasteiger partial charge in [0.05, 0.1) is 13.2 Å². The van der Waals surface area contributed by atoms with Crippen molar-refractivity contribution in [3.05, 3.63) is 30.3 Å². The number of urea groups is 1. The van der Waals surface area contributed by atoms with Crippen molar-refractivity contribution < 1.29 is 9.53 Å². The predicted molar refractivity (Wildman–Crippen MR) is 74.2 cm³/mol. The molecule has 0 spiro atoms. The number of rotatable bonds is 5. The zero-order valence-corrected chi connectivity index (χ0v) is 11.0. The Morgan fingerprint density at radius 1 is 1.42 bits per heavy atom. The molecule has 19 heavy (non-hydrogen) atoms. The van der Waals surface area contributed by atoms with Gasteiger partial charge in [0.15, 0.2) is 0 Å². The van der Waals surface area contributed by atoms with E-state index >= 15 is 0 Å². The number of nitrogens with one attached hydrogen (secondary N) is 2. The van der Waals surface area contributed by atoms with E-state index in [0.29, 0.717) is 6.54 Å². The highest BCUT2D eigenvalue weighted by atomic mass is 16.5. The van der Waals surface area contributed by atoms with E-state index in [2.05, 4.69) is 21.6 Å². The number of morpholine rings is 1. The quantitative estimate of drug-likeness (QED) is 0.787. The molecule has 2 rings (SSSR count). The third kappa shape index (κ3) is 5.28. The summed E-state index contributed by atoms with van der Waals surface area (Å²) in [7, 11) is 0. The summed E-state index contributed by atoms with van der Waals surface area (Å²) in [6, 6.07) is 9.97. The standard InChI is InChI=1S/C14H20N3O2/c18-14(16-13-5-2-1-3-6-13)15-7-4-8-17-9-11-19-12-10-17/h1-2,5-6H,4,7-12H2,(H2,15,16,18). The Bertz CT molecular complexity index is 378. The van der Waals surface area contributed by atoms with Crippen LogP contribution in [0.3, 0.4) is 0 Å². The van der Waals surface area contributed by atoms with Gasteiger partial charge in [-0.3, -0.25) is 4.90 Å². The van der Waals surface area contributed by atoms with Gasteiger partial charge < -0.3 is 15.4 Å². The van der Waals surface area contributed by atoms with E-state index in [9.17, 15) is 4.79 Å². The van der Waals surface area contributed by atoms with Gasteiger partial charge in [-0.25, -0.2) is 4.79 Å². The number of benzene rings is 1. The van der Waals surface area contributed by atoms with Crippen molar-refractivity contribution in [3.63, 3.8) is 0 Å². The van der Waals surface area contributed by atoms with Crippen molar-refractivity contribution >= 4 is 11.7 Å². The first-order valence-electron chi connectivity index (χ1n) is 6.66. The molecule has 0 saturated carbocycles. The summed E-state index contributed by atoms with van der Waals surface area (Å²) in [5.74, 6) is 0. The lowest BCUT2D eigenvalue weighted by Crippen LogP contribution is -2.38. The molecule has 1 aromatic rings. The second kappa shape index (κ2) is 7.76. The number of amides is 2. The fraction of sp³-hybridized carbons (Fsp3) is 0.500. The molecular formula is C14H20N3O2. The van der Waals surface area contributed by atoms with Gasteiger partial charge in [0.2, 0.25) is 0 Å². The van der Waals surface area contributed by atoms with Crippen molar-refractivity contribution in [2.75, 3.05) is 44.7 Å². The van der Waals surface area contributed by atoms with E-state index in [1.165, 1.54) is 0 Å². The minimum Gasteiger partial charge on any atom is -0.379 e. The molecule has 103 valence electrons. The highest BCUT2D eigenvalue weighted by molar-refractivity contribution is 5.89. The molecule has 1 heterocycles. The van der Waals surface area contributed by atoms with Crippen LogP contribution in [0, 0.1) is 6.07 Å². The first kappa shape index (κ1) is 13.8. The maximum atomic E-state index is 11.6. The second-order valence-electron chi connectivity index (χ2n) is 4.48. The van der Waals surface area contributed by atoms with E-state index in [1.807, 2.05) is 12.1 Å². The molecule has 1 aromatic carbocycles. The zero-order valence-electron chi connectivity index (χ0n) is 11.0. The molecule has 2 amide bonds. The summed E-state index contributed by atoms with van der Waals surface area (Å²) in [5, 5.41) is 5.61. The Morgan fingerprint density at radius 2 is 2.26 bits per heavy atom. The third-order valence-corrected chi connectivity index (χ3v) is 3.01. The number of ether oxygens (including phenoxy) is 1. The van der Waals surface area contributed by atoms with E-state index in [0.717, 1.165) is 45.0 Å². The lowest BCUT2D eigenvalue weighted by atomic mass is 10.3. The van der Waals surface area contributed by atoms with Gasteiger partial charge in [-0.15, -0.1) is 0 Å². The van der Waals surface area contributed by atoms with Crippen molar-refractivity contribution in [1.82, 2.24) is 10.2 Å². The van der Waals surface area contributed by atoms with Crippen molar-refractivity contribution in [1.29, 1.82) is 0 Å². The van der Waals surface area contributed by atoms with Crippen molar-refractivity contribution in [2.24, 2.45) is 0 Å². The minimum absolute atomic E-state index is 0.165. The Hall–Kier alpha value is -1.59. The normalized spacial score (nSPS) is 16.0. The fourth-order valence-electron chi connectivity index (χ4n) is 1.98. The van der Waals surface area contributed by atoms with Gasteiger partial charge >= 0.3 is 6.03 Å². The van der Waals surface area contributed by atoms with Crippen molar-refractivity contribution in [3.8, 4) is 0 Å². The smallest absolute Gasteiger partial charge is 0.319 e. The van der Waals surface area contributed by atoms with Gasteiger partial charge in [0, 0.05) is 25.3 Å². The number of anilines is 1. The van der Waals surface area contributed by atoms with Crippen LogP contribution in [-0.2, 0) is 4.74 Å². The molecule has 5 heteroatoms. The second-order valence-corrected chi connectivity index (χ2v) is 4.48. The summed E-state index contributed by atoms with van der Waals surface area (Å²) < 4.78 is 5.29. The van der Waals surface area contributed by atoms with Crippen LogP contribution in [0.25, 0.3) is 0 Å². The van der Waals surface area contributed by atoms with Crippen LogP contribution >= 0.6 is 0 Å². The Balaban J connectivity index is 1.56. The highest BCUT2D eigenvalue weighted by Gasteiger charge is 2.09. The Labute approximate surface area is 113 Å². The van der Waals surface area contributed by atoms with Crippen molar-refractivity contribution in [2.45, 2.75) is 6.42 Å². The maximum Gasteiger partial charge on any atom is 0.319 e. The number of hydrogen-bond acceptors (Lipinski definition) is 3. The molecular weight excluding hydrogens is 242 g/mol. The lowest BCUT2D eigenvalue weighted by Gasteiger charge is -2.26. The van der Waals surface area contributed by atoms with E-state index in [-0.39, 0.29) is 6.03 Å². The van der Waals surface area contributed by atoms with Crippen LogP contribution < -0.4 is 10.6 Å². The van der Waals surface area contributed by atoms with Gasteiger partial charge in [-0.05, 0) is 31.2 Å². The fourth-order valence-corrected chi connectivity index (χ4v) is 1.98. The molecule has 2 N–H and O–H groups in total. The average Bonchev–Trinajstić information content (AvgIpc) is 2.46. The molecule has 1 aliphatic rings. The lowest BCUT2D eigenvalue weighted by molar-refractivity contribution is 0.0375. The summed E-state index contributed by atoms with van der Waals surface area (Å²) in [6.07, 6.45) is 0.953. The molecule has 0 atom stereocenters. The first-order valence-corrected chi connectivity index (χ1v) is 6.66. The number of carbonyl (C=O) groups is 1. The minimum atomic E-state index is -0.165. The first-order chi connectivity index (χ1) is 9.34. The largest absolute Gasteiger partial charge is 0.379 e. The number of hydrogen-bond donors (Lipinski definition) is 2. The summed E-state index contributed by atoms with van der Waals surface area (Å²) in [5.41, 5.74) is 0.758. The predicted octanol–water partition coefficient (Wildman–Crippen LogP) is 1.33. The topological polar surface area (TPSA) is 53.6 Å². The van der Waals surface area contributed by atoms with Crippen LogP contribution in [0.4, 0.5) is 10.5 Å². The number of carbonyl (C=O) groups excluding carboxylic acids is 1. The van der Waals surface area contributed by atoms with Crippen LogP contribution in [0.15, 0.2) is 24.3 Å². The molecule has 0 unspecified atom stereocenters. The van der Waals surface area contributed by atoms with Crippen LogP contribution in [0.5, 0.6) is 0 Å². The summed E-state index contributed by atoms with van der Waals surface area (Å²) in [4.78, 5) is 14.0.